The molecule has 0 saturated heterocycles. The molecule has 0 aliphatic rings. The molecule has 0 atom stereocenters. The fourth-order valence-corrected chi connectivity index (χ4v) is 3.48. The van der Waals surface area contributed by atoms with Gasteiger partial charge in [-0.3, -0.25) is 4.98 Å². The standard InChI is InChI=1S/C20H25N5/c1-5-15-14(2)16(13-21)20-23-17-9-6-7-10-18(17)25(20)19(15)22-11-8-12-24(3)4/h6-7,9-10H,5,8,11-12H2,1-4H3,(H,22,23)/p+1. The van der Waals surface area contributed by atoms with Gasteiger partial charge in [-0.2, -0.15) is 9.66 Å². The second-order valence-electron chi connectivity index (χ2n) is 6.70. The fourth-order valence-electron chi connectivity index (χ4n) is 3.48. The van der Waals surface area contributed by atoms with Crippen LogP contribution in [0.4, 0.5) is 5.82 Å². The lowest BCUT2D eigenvalue weighted by Gasteiger charge is -2.13. The summed E-state index contributed by atoms with van der Waals surface area (Å²) in [5.41, 5.74) is 6.01. The highest BCUT2D eigenvalue weighted by Gasteiger charge is 2.24. The van der Waals surface area contributed by atoms with Gasteiger partial charge in [0, 0.05) is 12.1 Å². The van der Waals surface area contributed by atoms with Gasteiger partial charge in [0.15, 0.2) is 0 Å². The van der Waals surface area contributed by atoms with Crippen LogP contribution in [0.2, 0.25) is 0 Å². The topological polar surface area (TPSA) is 59.0 Å². The van der Waals surface area contributed by atoms with Crippen LogP contribution in [0.5, 0.6) is 0 Å². The number of fused-ring (bicyclic) bond motifs is 3. The van der Waals surface area contributed by atoms with Gasteiger partial charge in [0.2, 0.25) is 11.5 Å². The summed E-state index contributed by atoms with van der Waals surface area (Å²) in [4.78, 5) is 5.63. The number of rotatable bonds is 6. The van der Waals surface area contributed by atoms with E-state index in [4.69, 9.17) is 0 Å². The number of nitrogens with one attached hydrogen (secondary N) is 2. The Labute approximate surface area is 148 Å². The molecule has 0 spiro atoms. The smallest absolute Gasteiger partial charge is 0.250 e. The van der Waals surface area contributed by atoms with Gasteiger partial charge in [-0.25, -0.2) is 0 Å². The number of nitrogens with zero attached hydrogens (tertiary/aromatic N) is 3. The van der Waals surface area contributed by atoms with Crippen molar-refractivity contribution in [1.29, 1.82) is 5.26 Å². The molecule has 3 rings (SSSR count). The van der Waals surface area contributed by atoms with Gasteiger partial charge in [-0.05, 0) is 51.6 Å². The molecule has 3 aromatic rings. The number of benzene rings is 1. The van der Waals surface area contributed by atoms with E-state index in [1.54, 1.807) is 0 Å². The third kappa shape index (κ3) is 3.06. The van der Waals surface area contributed by atoms with Crippen molar-refractivity contribution in [2.45, 2.75) is 26.7 Å². The van der Waals surface area contributed by atoms with Gasteiger partial charge in [-0.15, -0.1) is 0 Å². The van der Waals surface area contributed by atoms with Crippen LogP contribution in [0.25, 0.3) is 16.7 Å². The minimum Gasteiger partial charge on any atom is -0.309 e. The van der Waals surface area contributed by atoms with Crippen molar-refractivity contribution < 1.29 is 4.40 Å². The summed E-state index contributed by atoms with van der Waals surface area (Å²) in [5, 5.41) is 13.4. The van der Waals surface area contributed by atoms with Crippen molar-refractivity contribution >= 4 is 22.5 Å². The summed E-state index contributed by atoms with van der Waals surface area (Å²) in [5.74, 6) is 1.10. The molecule has 1 aromatic carbocycles. The molecule has 5 heteroatoms. The Hall–Kier alpha value is -2.58. The van der Waals surface area contributed by atoms with E-state index in [0.717, 1.165) is 59.6 Å². The Morgan fingerprint density at radius 1 is 1.28 bits per heavy atom. The van der Waals surface area contributed by atoms with E-state index in [-0.39, 0.29) is 0 Å². The van der Waals surface area contributed by atoms with Crippen LogP contribution in [0.15, 0.2) is 24.3 Å². The van der Waals surface area contributed by atoms with Crippen LogP contribution >= 0.6 is 0 Å². The third-order valence-electron chi connectivity index (χ3n) is 4.74. The highest BCUT2D eigenvalue weighted by Crippen LogP contribution is 2.25. The fraction of sp³-hybridized carbons (Fsp3) is 0.400. The summed E-state index contributed by atoms with van der Waals surface area (Å²) in [6, 6.07) is 10.6. The second-order valence-corrected chi connectivity index (χ2v) is 6.70. The molecule has 5 nitrogen and oxygen atoms in total. The lowest BCUT2D eigenvalue weighted by atomic mass is 10.0. The highest BCUT2D eigenvalue weighted by molar-refractivity contribution is 5.78. The summed E-state index contributed by atoms with van der Waals surface area (Å²) in [6.07, 6.45) is 1.96. The Bertz CT molecular complexity index is 946. The van der Waals surface area contributed by atoms with E-state index in [1.165, 1.54) is 5.56 Å². The minimum absolute atomic E-state index is 0.729. The number of aromatic nitrogens is 2. The maximum atomic E-state index is 9.72. The molecular formula is C20H26N5+. The van der Waals surface area contributed by atoms with Gasteiger partial charge < -0.3 is 10.2 Å². The van der Waals surface area contributed by atoms with Gasteiger partial charge in [0.1, 0.15) is 22.7 Å². The normalized spacial score (nSPS) is 11.4. The molecule has 0 saturated carbocycles. The van der Waals surface area contributed by atoms with Crippen LogP contribution in [0.1, 0.15) is 30.0 Å². The Morgan fingerprint density at radius 3 is 2.72 bits per heavy atom. The maximum absolute atomic E-state index is 9.72. The second kappa shape index (κ2) is 7.12. The third-order valence-corrected chi connectivity index (χ3v) is 4.74. The van der Waals surface area contributed by atoms with Crippen LogP contribution in [0, 0.1) is 18.3 Å². The number of anilines is 1. The van der Waals surface area contributed by atoms with Crippen LogP contribution in [-0.4, -0.2) is 37.1 Å². The van der Waals surface area contributed by atoms with Crippen molar-refractivity contribution in [3.8, 4) is 6.07 Å². The predicted molar refractivity (Wildman–Crippen MR) is 102 cm³/mol. The monoisotopic (exact) mass is 336 g/mol. The van der Waals surface area contributed by atoms with E-state index in [1.807, 2.05) is 19.1 Å². The molecule has 0 aliphatic carbocycles. The first kappa shape index (κ1) is 17.2. The minimum atomic E-state index is 0.729. The SMILES string of the molecule is CCc1c(C)c(C#N)c2[nH]c3ccccc3[n+]2c1NCCCN(C)C. The molecule has 2 heterocycles. The van der Waals surface area contributed by atoms with Crippen molar-refractivity contribution in [1.82, 2.24) is 9.88 Å². The average molecular weight is 336 g/mol. The number of imidazole rings is 1. The number of nitriles is 1. The molecule has 0 aliphatic heterocycles. The Morgan fingerprint density at radius 2 is 2.04 bits per heavy atom. The first-order chi connectivity index (χ1) is 12.1. The molecule has 0 amide bonds. The summed E-state index contributed by atoms with van der Waals surface area (Å²) in [7, 11) is 4.19. The van der Waals surface area contributed by atoms with Crippen LogP contribution in [-0.2, 0) is 6.42 Å². The van der Waals surface area contributed by atoms with Crippen molar-refractivity contribution in [2.75, 3.05) is 32.5 Å². The maximum Gasteiger partial charge on any atom is 0.250 e. The van der Waals surface area contributed by atoms with E-state index >= 15 is 0 Å². The van der Waals surface area contributed by atoms with Crippen molar-refractivity contribution in [2.24, 2.45) is 0 Å². The van der Waals surface area contributed by atoms with Gasteiger partial charge in [0.05, 0.1) is 6.54 Å². The zero-order valence-corrected chi connectivity index (χ0v) is 15.5. The number of H-pyrrole nitrogens is 1. The molecule has 0 fully saturated rings. The van der Waals surface area contributed by atoms with Crippen LogP contribution < -0.4 is 9.72 Å². The first-order valence-electron chi connectivity index (χ1n) is 8.85. The Balaban J connectivity index is 2.20. The molecular weight excluding hydrogens is 310 g/mol. The van der Waals surface area contributed by atoms with E-state index < -0.39 is 0 Å². The number of hydrogen-bond donors (Lipinski definition) is 2. The van der Waals surface area contributed by atoms with Gasteiger partial charge in [-0.1, -0.05) is 19.1 Å². The van der Waals surface area contributed by atoms with Crippen LogP contribution in [0.3, 0.4) is 0 Å². The molecule has 0 bridgehead atoms. The zero-order valence-electron chi connectivity index (χ0n) is 15.5. The number of aromatic amines is 1. The predicted octanol–water partition coefficient (Wildman–Crippen LogP) is 3.01. The Kier molecular flexibility index (Phi) is 4.91. The largest absolute Gasteiger partial charge is 0.309 e. The summed E-state index contributed by atoms with van der Waals surface area (Å²) in [6.45, 7) is 6.15. The molecule has 0 unspecified atom stereocenters. The lowest BCUT2D eigenvalue weighted by Crippen LogP contribution is -2.30. The van der Waals surface area contributed by atoms with E-state index in [0.29, 0.717) is 0 Å². The summed E-state index contributed by atoms with van der Waals surface area (Å²) < 4.78 is 2.18. The van der Waals surface area contributed by atoms with E-state index in [2.05, 4.69) is 58.8 Å². The van der Waals surface area contributed by atoms with Gasteiger partial charge >= 0.3 is 0 Å². The molecule has 2 aromatic heterocycles. The molecule has 2 N–H and O–H groups in total. The number of hydrogen-bond acceptors (Lipinski definition) is 3. The number of pyridine rings is 1. The highest BCUT2D eigenvalue weighted by atomic mass is 15.1. The van der Waals surface area contributed by atoms with Crippen molar-refractivity contribution in [3.05, 3.63) is 41.0 Å². The number of para-hydroxylation sites is 2. The lowest BCUT2D eigenvalue weighted by molar-refractivity contribution is -0.465. The van der Waals surface area contributed by atoms with E-state index in [9.17, 15) is 5.26 Å². The first-order valence-corrected chi connectivity index (χ1v) is 8.85. The van der Waals surface area contributed by atoms with Gasteiger partial charge in [0.25, 0.3) is 0 Å². The molecule has 25 heavy (non-hydrogen) atoms. The quantitative estimate of drug-likeness (QED) is 0.537. The molecule has 0 radical (unpaired) electrons. The molecule has 130 valence electrons. The summed E-state index contributed by atoms with van der Waals surface area (Å²) >= 11 is 0. The zero-order chi connectivity index (χ0) is 18.0. The van der Waals surface area contributed by atoms with Crippen molar-refractivity contribution in [3.63, 3.8) is 0 Å². The average Bonchev–Trinajstić information content (AvgIpc) is 2.97.